The molecule has 0 bridgehead atoms. The van der Waals surface area contributed by atoms with Gasteiger partial charge in [0, 0.05) is 43.6 Å². The van der Waals surface area contributed by atoms with Crippen molar-refractivity contribution < 1.29 is 19.1 Å². The van der Waals surface area contributed by atoms with Crippen LogP contribution in [-0.4, -0.2) is 56.2 Å². The molecule has 36 heavy (non-hydrogen) atoms. The molecule has 2 aliphatic heterocycles. The minimum atomic E-state index is -0.313. The molecule has 0 spiro atoms. The normalized spacial score (nSPS) is 15.0. The molecule has 8 nitrogen and oxygen atoms in total. The van der Waals surface area contributed by atoms with Crippen LogP contribution in [0, 0.1) is 13.8 Å². The first-order chi connectivity index (χ1) is 17.5. The van der Waals surface area contributed by atoms with Crippen LogP contribution in [0.25, 0.3) is 0 Å². The maximum atomic E-state index is 13.0. The molecule has 2 aliphatic rings. The van der Waals surface area contributed by atoms with Gasteiger partial charge in [-0.15, -0.1) is 0 Å². The molecule has 3 aromatic carbocycles. The van der Waals surface area contributed by atoms with E-state index in [1.54, 1.807) is 42.5 Å². The maximum absolute atomic E-state index is 13.0. The van der Waals surface area contributed by atoms with E-state index < -0.39 is 0 Å². The van der Waals surface area contributed by atoms with Gasteiger partial charge in [0.2, 0.25) is 12.7 Å². The Balaban J connectivity index is 1.18. The third-order valence-electron chi connectivity index (χ3n) is 6.73. The summed E-state index contributed by atoms with van der Waals surface area (Å²) < 4.78 is 10.7. The maximum Gasteiger partial charge on any atom is 0.257 e. The Labute approximate surface area is 210 Å². The van der Waals surface area contributed by atoms with Gasteiger partial charge in [-0.05, 0) is 55.3 Å². The van der Waals surface area contributed by atoms with E-state index >= 15 is 0 Å². The molecule has 8 heteroatoms. The van der Waals surface area contributed by atoms with E-state index in [9.17, 15) is 9.59 Å². The second-order valence-electron chi connectivity index (χ2n) is 9.10. The van der Waals surface area contributed by atoms with Gasteiger partial charge >= 0.3 is 0 Å². The molecule has 2 amide bonds. The molecule has 0 atom stereocenters. The predicted octanol–water partition coefficient (Wildman–Crippen LogP) is 4.05. The van der Waals surface area contributed by atoms with Crippen molar-refractivity contribution in [2.75, 3.05) is 55.1 Å². The first kappa shape index (κ1) is 23.7. The number of para-hydroxylation sites is 1. The standard InChI is InChI=1S/C28H30N4O4/c1-19-6-5-9-24(20(19)2)32-14-12-31(13-15-32)17-27(33)30-23-8-4-3-7-22(23)28(34)29-21-10-11-25-26(16-21)36-18-35-25/h3-11,16H,12-15,17-18H2,1-2H3,(H,29,34)(H,30,33). The van der Waals surface area contributed by atoms with Gasteiger partial charge in [0.1, 0.15) is 0 Å². The summed E-state index contributed by atoms with van der Waals surface area (Å²) >= 11 is 0. The summed E-state index contributed by atoms with van der Waals surface area (Å²) in [4.78, 5) is 30.4. The highest BCUT2D eigenvalue weighted by Gasteiger charge is 2.22. The zero-order valence-electron chi connectivity index (χ0n) is 20.5. The number of fused-ring (bicyclic) bond motifs is 1. The first-order valence-electron chi connectivity index (χ1n) is 12.1. The van der Waals surface area contributed by atoms with E-state index in [0.29, 0.717) is 28.4 Å². The fourth-order valence-corrected chi connectivity index (χ4v) is 4.58. The zero-order chi connectivity index (χ0) is 25.1. The van der Waals surface area contributed by atoms with Crippen molar-refractivity contribution in [1.82, 2.24) is 4.90 Å². The van der Waals surface area contributed by atoms with Gasteiger partial charge in [-0.25, -0.2) is 0 Å². The fourth-order valence-electron chi connectivity index (χ4n) is 4.58. The Kier molecular flexibility index (Phi) is 6.77. The second kappa shape index (κ2) is 10.3. The largest absolute Gasteiger partial charge is 0.454 e. The van der Waals surface area contributed by atoms with E-state index in [4.69, 9.17) is 9.47 Å². The van der Waals surface area contributed by atoms with Crippen LogP contribution in [0.3, 0.4) is 0 Å². The topological polar surface area (TPSA) is 83.1 Å². The average Bonchev–Trinajstić information content (AvgIpc) is 3.34. The summed E-state index contributed by atoms with van der Waals surface area (Å²) in [5.74, 6) is 0.785. The molecule has 0 aromatic heterocycles. The third kappa shape index (κ3) is 5.13. The van der Waals surface area contributed by atoms with E-state index in [2.05, 4.69) is 52.5 Å². The molecule has 1 saturated heterocycles. The Morgan fingerprint density at radius 3 is 2.47 bits per heavy atom. The molecule has 2 heterocycles. The lowest BCUT2D eigenvalue weighted by molar-refractivity contribution is -0.117. The van der Waals surface area contributed by atoms with Gasteiger partial charge in [-0.2, -0.15) is 0 Å². The molecular weight excluding hydrogens is 456 g/mol. The smallest absolute Gasteiger partial charge is 0.257 e. The lowest BCUT2D eigenvalue weighted by Crippen LogP contribution is -2.49. The molecule has 0 aliphatic carbocycles. The molecule has 1 fully saturated rings. The highest BCUT2D eigenvalue weighted by molar-refractivity contribution is 6.10. The quantitative estimate of drug-likeness (QED) is 0.547. The number of piperazine rings is 1. The molecule has 5 rings (SSSR count). The summed E-state index contributed by atoms with van der Waals surface area (Å²) in [5, 5.41) is 5.80. The number of benzene rings is 3. The van der Waals surface area contributed by atoms with Gasteiger partial charge < -0.3 is 25.0 Å². The number of aryl methyl sites for hydroxylation is 1. The molecular formula is C28H30N4O4. The number of amides is 2. The van der Waals surface area contributed by atoms with Crippen molar-refractivity contribution in [3.05, 3.63) is 77.4 Å². The minimum absolute atomic E-state index is 0.140. The van der Waals surface area contributed by atoms with Gasteiger partial charge in [0.15, 0.2) is 11.5 Å². The number of carbonyl (C=O) groups excluding carboxylic acids is 2. The Morgan fingerprint density at radius 1 is 0.861 bits per heavy atom. The SMILES string of the molecule is Cc1cccc(N2CCN(CC(=O)Nc3ccccc3C(=O)Nc3ccc4c(c3)OCO4)CC2)c1C. The molecule has 0 radical (unpaired) electrons. The predicted molar refractivity (Wildman–Crippen MR) is 140 cm³/mol. The van der Waals surface area contributed by atoms with Crippen LogP contribution in [0.5, 0.6) is 11.5 Å². The number of nitrogens with zero attached hydrogens (tertiary/aromatic N) is 2. The highest BCUT2D eigenvalue weighted by atomic mass is 16.7. The van der Waals surface area contributed by atoms with E-state index in [-0.39, 0.29) is 25.2 Å². The van der Waals surface area contributed by atoms with Crippen molar-refractivity contribution in [2.45, 2.75) is 13.8 Å². The van der Waals surface area contributed by atoms with Gasteiger partial charge in [0.25, 0.3) is 5.91 Å². The van der Waals surface area contributed by atoms with E-state index in [1.807, 2.05) is 0 Å². The molecule has 186 valence electrons. The lowest BCUT2D eigenvalue weighted by atomic mass is 10.1. The van der Waals surface area contributed by atoms with Crippen molar-refractivity contribution in [1.29, 1.82) is 0 Å². The van der Waals surface area contributed by atoms with Crippen molar-refractivity contribution in [3.63, 3.8) is 0 Å². The Morgan fingerprint density at radius 2 is 1.64 bits per heavy atom. The van der Waals surface area contributed by atoms with Gasteiger partial charge in [-0.1, -0.05) is 24.3 Å². The zero-order valence-corrected chi connectivity index (χ0v) is 20.5. The van der Waals surface area contributed by atoms with Crippen molar-refractivity contribution in [3.8, 4) is 11.5 Å². The fraction of sp³-hybridized carbons (Fsp3) is 0.286. The number of ether oxygens (including phenoxy) is 2. The van der Waals surface area contributed by atoms with E-state index in [0.717, 1.165) is 26.2 Å². The van der Waals surface area contributed by atoms with Crippen LogP contribution in [0.15, 0.2) is 60.7 Å². The molecule has 0 saturated carbocycles. The van der Waals surface area contributed by atoms with E-state index in [1.165, 1.54) is 16.8 Å². The second-order valence-corrected chi connectivity index (χ2v) is 9.10. The number of hydrogen-bond acceptors (Lipinski definition) is 6. The minimum Gasteiger partial charge on any atom is -0.454 e. The Bertz CT molecular complexity index is 1280. The van der Waals surface area contributed by atoms with Gasteiger partial charge in [-0.3, -0.25) is 14.5 Å². The van der Waals surface area contributed by atoms with Crippen LogP contribution in [0.1, 0.15) is 21.5 Å². The van der Waals surface area contributed by atoms with Crippen LogP contribution in [0.2, 0.25) is 0 Å². The summed E-state index contributed by atoms with van der Waals surface area (Å²) in [5.41, 5.74) is 5.32. The Hall–Kier alpha value is -4.04. The highest BCUT2D eigenvalue weighted by Crippen LogP contribution is 2.34. The van der Waals surface area contributed by atoms with Crippen LogP contribution >= 0.6 is 0 Å². The van der Waals surface area contributed by atoms with Crippen LogP contribution in [-0.2, 0) is 4.79 Å². The summed E-state index contributed by atoms with van der Waals surface area (Å²) in [7, 11) is 0. The number of hydrogen-bond donors (Lipinski definition) is 2. The average molecular weight is 487 g/mol. The first-order valence-corrected chi connectivity index (χ1v) is 12.1. The molecule has 3 aromatic rings. The molecule has 2 N–H and O–H groups in total. The summed E-state index contributed by atoms with van der Waals surface area (Å²) in [6.07, 6.45) is 0. The number of rotatable bonds is 6. The third-order valence-corrected chi connectivity index (χ3v) is 6.73. The molecule has 0 unspecified atom stereocenters. The van der Waals surface area contributed by atoms with Crippen molar-refractivity contribution >= 4 is 28.9 Å². The summed E-state index contributed by atoms with van der Waals surface area (Å²) in [6, 6.07) is 18.6. The van der Waals surface area contributed by atoms with Crippen molar-refractivity contribution in [2.24, 2.45) is 0 Å². The van der Waals surface area contributed by atoms with Gasteiger partial charge in [0.05, 0.1) is 17.8 Å². The summed E-state index contributed by atoms with van der Waals surface area (Å²) in [6.45, 7) is 8.07. The number of nitrogens with one attached hydrogen (secondary N) is 2. The number of anilines is 3. The lowest BCUT2D eigenvalue weighted by Gasteiger charge is -2.36. The number of carbonyl (C=O) groups is 2. The van der Waals surface area contributed by atoms with Crippen LogP contribution < -0.4 is 25.0 Å². The monoisotopic (exact) mass is 486 g/mol. The van der Waals surface area contributed by atoms with Crippen LogP contribution in [0.4, 0.5) is 17.1 Å².